The van der Waals surface area contributed by atoms with E-state index in [-0.39, 0.29) is 42.3 Å². The van der Waals surface area contributed by atoms with Crippen molar-refractivity contribution in [3.63, 3.8) is 0 Å². The molecule has 0 aromatic heterocycles. The highest BCUT2D eigenvalue weighted by atomic mass is 35.5. The third-order valence-corrected chi connectivity index (χ3v) is 4.90. The van der Waals surface area contributed by atoms with Crippen LogP contribution in [-0.4, -0.2) is 44.3 Å². The molecule has 0 saturated carbocycles. The molecule has 2 heterocycles. The minimum atomic E-state index is -4.47. The Balaban J connectivity index is 0.00000169. The van der Waals surface area contributed by atoms with E-state index >= 15 is 0 Å². The Morgan fingerprint density at radius 3 is 2.27 bits per heavy atom. The number of benzene rings is 1. The zero-order chi connectivity index (χ0) is 17.2. The lowest BCUT2D eigenvalue weighted by atomic mass is 9.84. The lowest BCUT2D eigenvalue weighted by Crippen LogP contribution is -2.47. The molecule has 0 unspecified atom stereocenters. The number of nitrogens with one attached hydrogen (secondary N) is 1. The normalized spacial score (nSPS) is 20.8. The molecule has 0 amide bonds. The first kappa shape index (κ1) is 23.4. The number of nitrogens with zero attached hydrogens (tertiary/aromatic N) is 1. The van der Waals surface area contributed by atoms with Gasteiger partial charge in [0.2, 0.25) is 0 Å². The fourth-order valence-corrected chi connectivity index (χ4v) is 3.69. The van der Waals surface area contributed by atoms with Gasteiger partial charge >= 0.3 is 6.18 Å². The molecule has 0 aliphatic carbocycles. The van der Waals surface area contributed by atoms with Gasteiger partial charge in [-0.1, -0.05) is 0 Å². The van der Waals surface area contributed by atoms with Crippen LogP contribution in [0.3, 0.4) is 0 Å². The third kappa shape index (κ3) is 5.45. The van der Waals surface area contributed by atoms with Gasteiger partial charge in [0.25, 0.3) is 0 Å². The highest BCUT2D eigenvalue weighted by molar-refractivity contribution is 5.85. The molecule has 1 aromatic rings. The van der Waals surface area contributed by atoms with Crippen LogP contribution < -0.4 is 5.32 Å². The summed E-state index contributed by atoms with van der Waals surface area (Å²) in [7, 11) is 0. The standard InChI is InChI=1S/C17H22F4N2O.2ClH/c18-15-2-1-13(17(19,20)21)11-14(15)16(12-3-9-24-10-4-12)23-7-5-22-6-8-23;;/h1-2,11-12,16,22H,3-10H2;2*1H/t16-;;/m1../s1. The molecule has 2 aliphatic rings. The van der Waals surface area contributed by atoms with Gasteiger partial charge in [0.05, 0.1) is 5.56 Å². The SMILES string of the molecule is Cl.Cl.Fc1ccc(C(F)(F)F)cc1[C@@H](C1CCOCC1)N1CCNCC1. The van der Waals surface area contributed by atoms with E-state index in [1.807, 2.05) is 0 Å². The van der Waals surface area contributed by atoms with Crippen molar-refractivity contribution in [3.8, 4) is 0 Å². The minimum Gasteiger partial charge on any atom is -0.381 e. The molecule has 1 atom stereocenters. The largest absolute Gasteiger partial charge is 0.416 e. The monoisotopic (exact) mass is 418 g/mol. The Kier molecular flexibility index (Phi) is 9.09. The number of hydrogen-bond acceptors (Lipinski definition) is 3. The van der Waals surface area contributed by atoms with Gasteiger partial charge in [-0.25, -0.2) is 4.39 Å². The highest BCUT2D eigenvalue weighted by Gasteiger charge is 2.36. The van der Waals surface area contributed by atoms with Crippen LogP contribution in [0.5, 0.6) is 0 Å². The van der Waals surface area contributed by atoms with Gasteiger partial charge in [-0.05, 0) is 37.0 Å². The van der Waals surface area contributed by atoms with Crippen molar-refractivity contribution < 1.29 is 22.3 Å². The summed E-state index contributed by atoms with van der Waals surface area (Å²) in [4.78, 5) is 2.12. The maximum Gasteiger partial charge on any atom is 0.416 e. The van der Waals surface area contributed by atoms with Gasteiger partial charge in [0.15, 0.2) is 0 Å². The van der Waals surface area contributed by atoms with Crippen molar-refractivity contribution in [2.75, 3.05) is 39.4 Å². The predicted molar refractivity (Wildman–Crippen MR) is 96.6 cm³/mol. The van der Waals surface area contributed by atoms with Crippen LogP contribution in [0.1, 0.15) is 30.0 Å². The predicted octanol–water partition coefficient (Wildman–Crippen LogP) is 4.06. The van der Waals surface area contributed by atoms with Crippen molar-refractivity contribution in [1.29, 1.82) is 0 Å². The van der Waals surface area contributed by atoms with Crippen molar-refractivity contribution in [2.45, 2.75) is 25.1 Å². The second kappa shape index (κ2) is 10.1. The van der Waals surface area contributed by atoms with Crippen LogP contribution in [0.25, 0.3) is 0 Å². The number of rotatable bonds is 3. The lowest BCUT2D eigenvalue weighted by molar-refractivity contribution is -0.137. The molecule has 150 valence electrons. The van der Waals surface area contributed by atoms with Crippen LogP contribution in [0.2, 0.25) is 0 Å². The zero-order valence-electron chi connectivity index (χ0n) is 14.2. The molecule has 2 saturated heterocycles. The molecule has 0 spiro atoms. The summed E-state index contributed by atoms with van der Waals surface area (Å²) in [6.45, 7) is 4.09. The van der Waals surface area contributed by atoms with E-state index in [2.05, 4.69) is 10.2 Å². The topological polar surface area (TPSA) is 24.5 Å². The Morgan fingerprint density at radius 2 is 1.69 bits per heavy atom. The van der Waals surface area contributed by atoms with Gasteiger partial charge in [-0.3, -0.25) is 4.90 Å². The summed E-state index contributed by atoms with van der Waals surface area (Å²) in [5.41, 5.74) is -0.621. The van der Waals surface area contributed by atoms with Crippen LogP contribution in [0.4, 0.5) is 17.6 Å². The van der Waals surface area contributed by atoms with Crippen molar-refractivity contribution >= 4 is 24.8 Å². The fraction of sp³-hybridized carbons (Fsp3) is 0.647. The van der Waals surface area contributed by atoms with Gasteiger partial charge in [0, 0.05) is 51.0 Å². The third-order valence-electron chi connectivity index (χ3n) is 4.90. The number of hydrogen-bond donors (Lipinski definition) is 1. The molecule has 3 nitrogen and oxygen atoms in total. The first-order valence-electron chi connectivity index (χ1n) is 8.36. The molecule has 26 heavy (non-hydrogen) atoms. The average molecular weight is 419 g/mol. The zero-order valence-corrected chi connectivity index (χ0v) is 15.9. The number of piperazine rings is 1. The number of halogens is 6. The Morgan fingerprint density at radius 1 is 1.08 bits per heavy atom. The molecule has 2 fully saturated rings. The van der Waals surface area contributed by atoms with E-state index in [1.54, 1.807) is 0 Å². The minimum absolute atomic E-state index is 0. The van der Waals surface area contributed by atoms with Gasteiger partial charge in [0.1, 0.15) is 5.82 Å². The van der Waals surface area contributed by atoms with Gasteiger partial charge < -0.3 is 10.1 Å². The summed E-state index contributed by atoms with van der Waals surface area (Å²) in [5, 5.41) is 3.23. The first-order valence-corrected chi connectivity index (χ1v) is 8.36. The summed E-state index contributed by atoms with van der Waals surface area (Å²) >= 11 is 0. The Bertz CT molecular complexity index is 544. The quantitative estimate of drug-likeness (QED) is 0.748. The highest BCUT2D eigenvalue weighted by Crippen LogP contribution is 2.39. The average Bonchev–Trinajstić information content (AvgIpc) is 2.58. The number of alkyl halides is 3. The Hall–Kier alpha value is -0.600. The molecule has 1 N–H and O–H groups in total. The van der Waals surface area contributed by atoms with Crippen LogP contribution in [-0.2, 0) is 10.9 Å². The van der Waals surface area contributed by atoms with Crippen LogP contribution >= 0.6 is 24.8 Å². The summed E-state index contributed by atoms with van der Waals surface area (Å²) in [6, 6.07) is 2.43. The smallest absolute Gasteiger partial charge is 0.381 e. The van der Waals surface area contributed by atoms with E-state index in [1.165, 1.54) is 0 Å². The van der Waals surface area contributed by atoms with E-state index in [4.69, 9.17) is 4.74 Å². The van der Waals surface area contributed by atoms with Crippen molar-refractivity contribution in [2.24, 2.45) is 5.92 Å². The van der Waals surface area contributed by atoms with Gasteiger partial charge in [-0.2, -0.15) is 13.2 Å². The Labute approximate surface area is 163 Å². The second-order valence-electron chi connectivity index (χ2n) is 6.41. The summed E-state index contributed by atoms with van der Waals surface area (Å²) in [5.74, 6) is -0.451. The van der Waals surface area contributed by atoms with Crippen LogP contribution in [0, 0.1) is 11.7 Å². The maximum absolute atomic E-state index is 14.5. The second-order valence-corrected chi connectivity index (χ2v) is 6.41. The first-order chi connectivity index (χ1) is 11.5. The fourth-order valence-electron chi connectivity index (χ4n) is 3.69. The molecule has 2 aliphatic heterocycles. The molecular formula is C17H24Cl2F4N2O. The summed E-state index contributed by atoms with van der Waals surface area (Å²) in [6.07, 6.45) is -2.99. The van der Waals surface area contributed by atoms with Crippen molar-refractivity contribution in [3.05, 3.63) is 35.1 Å². The van der Waals surface area contributed by atoms with E-state index in [9.17, 15) is 17.6 Å². The molecule has 9 heteroatoms. The lowest BCUT2D eigenvalue weighted by Gasteiger charge is -2.41. The van der Waals surface area contributed by atoms with Crippen LogP contribution in [0.15, 0.2) is 18.2 Å². The molecule has 1 aromatic carbocycles. The number of ether oxygens (including phenoxy) is 1. The van der Waals surface area contributed by atoms with Gasteiger partial charge in [-0.15, -0.1) is 24.8 Å². The van der Waals surface area contributed by atoms with E-state index < -0.39 is 17.6 Å². The maximum atomic E-state index is 14.5. The summed E-state index contributed by atoms with van der Waals surface area (Å²) < 4.78 is 59.1. The van der Waals surface area contributed by atoms with E-state index in [0.29, 0.717) is 26.3 Å². The molecule has 0 radical (unpaired) electrons. The molecule has 3 rings (SSSR count). The molecule has 0 bridgehead atoms. The molecular weight excluding hydrogens is 395 g/mol. The van der Waals surface area contributed by atoms with Crippen molar-refractivity contribution in [1.82, 2.24) is 10.2 Å². The van der Waals surface area contributed by atoms with E-state index in [0.717, 1.165) is 44.1 Å².